The third-order valence-electron chi connectivity index (χ3n) is 6.69. The van der Waals surface area contributed by atoms with Crippen LogP contribution in [-0.2, 0) is 19.9 Å². The van der Waals surface area contributed by atoms with Crippen LogP contribution in [0.1, 0.15) is 74.1 Å². The second-order valence-corrected chi connectivity index (χ2v) is 11.4. The molecular weight excluding hydrogens is 506 g/mol. The fourth-order valence-electron chi connectivity index (χ4n) is 3.72. The van der Waals surface area contributed by atoms with Crippen LogP contribution in [0, 0.1) is 5.41 Å². The number of aromatic nitrogens is 4. The standard InChI is InChI=1S/C31H41N5O4/c1-9-12-13-21(10-2)18-24(37)33-29-34-26-25(32-20-36(26)31(7,8)11-3)27(35-29)39-19-22-14-16-23(17-15-22)40-28(38)30(4,5)6/h9-10,12-14,16,20H,2,11,15,17-19H2,1,3-8H3,(H,33,34,35,37)/b12-9-,21-13+. The van der Waals surface area contributed by atoms with E-state index in [1.807, 2.05) is 62.6 Å². The predicted molar refractivity (Wildman–Crippen MR) is 158 cm³/mol. The van der Waals surface area contributed by atoms with E-state index in [1.165, 1.54) is 0 Å². The van der Waals surface area contributed by atoms with Crippen molar-refractivity contribution in [3.05, 3.63) is 66.3 Å². The number of anilines is 1. The molecule has 2 aromatic rings. The Balaban J connectivity index is 1.86. The number of nitrogens with one attached hydrogen (secondary N) is 1. The zero-order valence-corrected chi connectivity index (χ0v) is 24.7. The third kappa shape index (κ3) is 7.77. The number of ether oxygens (including phenoxy) is 2. The van der Waals surface area contributed by atoms with Gasteiger partial charge in [0.05, 0.1) is 18.2 Å². The summed E-state index contributed by atoms with van der Waals surface area (Å²) in [6.07, 6.45) is 14.9. The summed E-state index contributed by atoms with van der Waals surface area (Å²) >= 11 is 0. The van der Waals surface area contributed by atoms with Crippen molar-refractivity contribution in [3.8, 4) is 5.88 Å². The van der Waals surface area contributed by atoms with Gasteiger partial charge in [0, 0.05) is 12.0 Å². The Labute approximate surface area is 236 Å². The van der Waals surface area contributed by atoms with Gasteiger partial charge in [0.1, 0.15) is 12.4 Å². The van der Waals surface area contributed by atoms with E-state index in [9.17, 15) is 9.59 Å². The average molecular weight is 548 g/mol. The summed E-state index contributed by atoms with van der Waals surface area (Å²) in [5.74, 6) is 0.548. The van der Waals surface area contributed by atoms with Crippen LogP contribution in [0.25, 0.3) is 11.2 Å². The minimum Gasteiger partial charge on any atom is -0.471 e. The van der Waals surface area contributed by atoms with Gasteiger partial charge in [0.15, 0.2) is 11.2 Å². The third-order valence-corrected chi connectivity index (χ3v) is 6.69. The zero-order valence-electron chi connectivity index (χ0n) is 24.7. The lowest BCUT2D eigenvalue weighted by atomic mass is 9.97. The molecule has 0 spiro atoms. The zero-order chi connectivity index (χ0) is 29.5. The molecule has 0 atom stereocenters. The quantitative estimate of drug-likeness (QED) is 0.251. The highest BCUT2D eigenvalue weighted by atomic mass is 16.5. The van der Waals surface area contributed by atoms with Gasteiger partial charge in [0.25, 0.3) is 0 Å². The molecule has 0 aromatic carbocycles. The summed E-state index contributed by atoms with van der Waals surface area (Å²) in [7, 11) is 0. The Morgan fingerprint density at radius 1 is 1.15 bits per heavy atom. The molecule has 0 unspecified atom stereocenters. The molecule has 0 aliphatic heterocycles. The van der Waals surface area contributed by atoms with Gasteiger partial charge in [-0.25, -0.2) is 4.98 Å². The maximum atomic E-state index is 12.8. The van der Waals surface area contributed by atoms with Crippen LogP contribution in [0.5, 0.6) is 5.88 Å². The van der Waals surface area contributed by atoms with Crippen molar-refractivity contribution in [2.24, 2.45) is 5.41 Å². The normalized spacial score (nSPS) is 14.6. The van der Waals surface area contributed by atoms with E-state index in [-0.39, 0.29) is 42.3 Å². The Kier molecular flexibility index (Phi) is 9.84. The molecule has 1 amide bonds. The number of allylic oxidation sites excluding steroid dienone is 7. The van der Waals surface area contributed by atoms with Crippen LogP contribution in [0.4, 0.5) is 5.95 Å². The molecule has 214 valence electrons. The lowest BCUT2D eigenvalue weighted by Gasteiger charge is -2.25. The summed E-state index contributed by atoms with van der Waals surface area (Å²) in [5.41, 5.74) is 2.07. The van der Waals surface area contributed by atoms with Crippen molar-refractivity contribution in [2.45, 2.75) is 79.7 Å². The predicted octanol–water partition coefficient (Wildman–Crippen LogP) is 6.56. The van der Waals surface area contributed by atoms with Crippen molar-refractivity contribution >= 4 is 29.0 Å². The van der Waals surface area contributed by atoms with Crippen LogP contribution in [-0.4, -0.2) is 38.0 Å². The van der Waals surface area contributed by atoms with Crippen molar-refractivity contribution < 1.29 is 19.1 Å². The number of rotatable bonds is 11. The van der Waals surface area contributed by atoms with Gasteiger partial charge in [-0.15, -0.1) is 0 Å². The van der Waals surface area contributed by atoms with Crippen molar-refractivity contribution in [1.82, 2.24) is 19.5 Å². The van der Waals surface area contributed by atoms with Crippen LogP contribution < -0.4 is 10.1 Å². The molecule has 2 heterocycles. The van der Waals surface area contributed by atoms with Crippen LogP contribution in [0.2, 0.25) is 0 Å². The molecule has 1 aliphatic carbocycles. The van der Waals surface area contributed by atoms with E-state index in [0.29, 0.717) is 29.8 Å². The second-order valence-electron chi connectivity index (χ2n) is 11.4. The molecule has 9 nitrogen and oxygen atoms in total. The maximum Gasteiger partial charge on any atom is 0.316 e. The molecule has 0 radical (unpaired) electrons. The van der Waals surface area contributed by atoms with Gasteiger partial charge in [-0.3, -0.25) is 14.9 Å². The van der Waals surface area contributed by atoms with Gasteiger partial charge >= 0.3 is 5.97 Å². The first kappa shape index (κ1) is 30.5. The monoisotopic (exact) mass is 547 g/mol. The summed E-state index contributed by atoms with van der Waals surface area (Å²) in [5, 5.41) is 2.81. The number of nitrogens with zero attached hydrogens (tertiary/aromatic N) is 4. The number of carbonyl (C=O) groups is 2. The molecule has 2 aromatic heterocycles. The van der Waals surface area contributed by atoms with Crippen LogP contribution >= 0.6 is 0 Å². The van der Waals surface area contributed by atoms with E-state index in [0.717, 1.165) is 17.6 Å². The maximum absolute atomic E-state index is 12.8. The highest BCUT2D eigenvalue weighted by Gasteiger charge is 2.26. The SMILES string of the molecule is C=C/C(=C\C=C/C)CC(=O)Nc1nc(OCC2=CC=C(OC(=O)C(C)(C)C)CC2)c2ncn(C(C)(C)CC)c2n1. The average Bonchev–Trinajstić information content (AvgIpc) is 3.35. The Morgan fingerprint density at radius 2 is 1.90 bits per heavy atom. The Bertz CT molecular complexity index is 1390. The second kappa shape index (κ2) is 12.9. The van der Waals surface area contributed by atoms with Crippen molar-refractivity contribution in [3.63, 3.8) is 0 Å². The highest BCUT2D eigenvalue weighted by Crippen LogP contribution is 2.30. The van der Waals surface area contributed by atoms with Gasteiger partial charge in [-0.2, -0.15) is 9.97 Å². The molecule has 9 heteroatoms. The van der Waals surface area contributed by atoms with Gasteiger partial charge in [-0.1, -0.05) is 43.9 Å². The molecular formula is C31H41N5O4. The molecule has 1 aliphatic rings. The Morgan fingerprint density at radius 3 is 2.50 bits per heavy atom. The van der Waals surface area contributed by atoms with Gasteiger partial charge in [0.2, 0.25) is 17.7 Å². The molecule has 1 N–H and O–H groups in total. The first-order valence-electron chi connectivity index (χ1n) is 13.6. The first-order valence-corrected chi connectivity index (χ1v) is 13.6. The lowest BCUT2D eigenvalue weighted by Crippen LogP contribution is -2.25. The minimum absolute atomic E-state index is 0.131. The number of hydrogen-bond donors (Lipinski definition) is 1. The fourth-order valence-corrected chi connectivity index (χ4v) is 3.72. The number of imidazole rings is 1. The molecule has 0 saturated heterocycles. The lowest BCUT2D eigenvalue weighted by molar-refractivity contribution is -0.148. The number of carbonyl (C=O) groups excluding carboxylic acids is 2. The van der Waals surface area contributed by atoms with Crippen LogP contribution in [0.3, 0.4) is 0 Å². The summed E-state index contributed by atoms with van der Waals surface area (Å²) in [4.78, 5) is 38.7. The summed E-state index contributed by atoms with van der Waals surface area (Å²) in [6, 6.07) is 0. The van der Waals surface area contributed by atoms with E-state index < -0.39 is 5.41 Å². The van der Waals surface area contributed by atoms with Gasteiger partial charge < -0.3 is 14.0 Å². The number of esters is 1. The number of fused-ring (bicyclic) bond motifs is 1. The largest absolute Gasteiger partial charge is 0.471 e. The van der Waals surface area contributed by atoms with E-state index in [1.54, 1.807) is 12.4 Å². The van der Waals surface area contributed by atoms with E-state index in [2.05, 4.69) is 47.6 Å². The molecule has 0 fully saturated rings. The van der Waals surface area contributed by atoms with E-state index >= 15 is 0 Å². The Hall–Kier alpha value is -4.01. The summed E-state index contributed by atoms with van der Waals surface area (Å²) in [6.45, 7) is 17.7. The fraction of sp³-hybridized carbons (Fsp3) is 0.452. The molecule has 0 bridgehead atoms. The molecule has 3 rings (SSSR count). The minimum atomic E-state index is -0.564. The van der Waals surface area contributed by atoms with E-state index in [4.69, 9.17) is 9.47 Å². The number of amides is 1. The molecule has 0 saturated carbocycles. The topological polar surface area (TPSA) is 108 Å². The van der Waals surface area contributed by atoms with Gasteiger partial charge in [-0.05, 0) is 71.6 Å². The van der Waals surface area contributed by atoms with Crippen molar-refractivity contribution in [1.29, 1.82) is 0 Å². The first-order chi connectivity index (χ1) is 18.9. The smallest absolute Gasteiger partial charge is 0.316 e. The highest BCUT2D eigenvalue weighted by molar-refractivity contribution is 5.92. The molecule has 40 heavy (non-hydrogen) atoms. The van der Waals surface area contributed by atoms with Crippen molar-refractivity contribution in [2.75, 3.05) is 11.9 Å². The van der Waals surface area contributed by atoms with Crippen LogP contribution in [0.15, 0.2) is 66.3 Å². The summed E-state index contributed by atoms with van der Waals surface area (Å²) < 4.78 is 13.7. The number of hydrogen-bond acceptors (Lipinski definition) is 7.